The Bertz CT molecular complexity index is 1860. The minimum Gasteiger partial charge on any atom is -0.462 e. The third-order valence-corrected chi connectivity index (χ3v) is 9.21. The zero-order valence-corrected chi connectivity index (χ0v) is 23.8. The molecule has 0 saturated carbocycles. The second-order valence-electron chi connectivity index (χ2n) is 10.5. The predicted octanol–water partition coefficient (Wildman–Crippen LogP) is 8.62. The van der Waals surface area contributed by atoms with Gasteiger partial charge in [-0.05, 0) is 23.3 Å². The van der Waals surface area contributed by atoms with E-state index in [-0.39, 0.29) is 21.8 Å². The maximum absolute atomic E-state index is 15.1. The molecule has 0 bridgehead atoms. The van der Waals surface area contributed by atoms with Gasteiger partial charge in [-0.2, -0.15) is 0 Å². The minimum atomic E-state index is -1.25. The number of fused-ring (bicyclic) bond motifs is 3. The Morgan fingerprint density at radius 3 is 2.09 bits per heavy atom. The van der Waals surface area contributed by atoms with E-state index >= 15 is 4.79 Å². The topological polar surface area (TPSA) is 72.7 Å². The van der Waals surface area contributed by atoms with Gasteiger partial charge in [-0.25, -0.2) is 0 Å². The number of benzene rings is 5. The summed E-state index contributed by atoms with van der Waals surface area (Å²) in [6, 6.07) is 43.7. The smallest absolute Gasteiger partial charge is 0.269 e. The van der Waals surface area contributed by atoms with Crippen molar-refractivity contribution in [3.8, 4) is 0 Å². The average Bonchev–Trinajstić information content (AvgIpc) is 3.21. The van der Waals surface area contributed by atoms with E-state index < -0.39 is 5.72 Å². The quantitative estimate of drug-likeness (QED) is 0.153. The molecule has 5 aromatic rings. The van der Waals surface area contributed by atoms with Gasteiger partial charge in [0.2, 0.25) is 5.72 Å². The summed E-state index contributed by atoms with van der Waals surface area (Å²) in [4.78, 5) is 29.2. The molecular weight excluding hydrogens is 556 g/mol. The Kier molecular flexibility index (Phi) is 6.80. The summed E-state index contributed by atoms with van der Waals surface area (Å²) in [6.07, 6.45) is 0.349. The lowest BCUT2D eigenvalue weighted by Gasteiger charge is -2.48. The second kappa shape index (κ2) is 10.9. The molecule has 5 aromatic carbocycles. The number of nitro groups is 1. The van der Waals surface area contributed by atoms with E-state index in [2.05, 4.69) is 0 Å². The van der Waals surface area contributed by atoms with Crippen molar-refractivity contribution in [3.63, 3.8) is 0 Å². The summed E-state index contributed by atoms with van der Waals surface area (Å²) >= 11 is 1.59. The van der Waals surface area contributed by atoms with E-state index in [0.717, 1.165) is 32.8 Å². The largest absolute Gasteiger partial charge is 0.462 e. The molecule has 1 amide bonds. The number of carbonyl (C=O) groups excluding carboxylic acids is 1. The molecule has 2 aliphatic heterocycles. The van der Waals surface area contributed by atoms with Gasteiger partial charge in [-0.1, -0.05) is 115 Å². The van der Waals surface area contributed by atoms with Gasteiger partial charge in [0.1, 0.15) is 5.76 Å². The van der Waals surface area contributed by atoms with Crippen LogP contribution in [0.3, 0.4) is 0 Å². The molecule has 0 radical (unpaired) electrons. The van der Waals surface area contributed by atoms with Crippen molar-refractivity contribution < 1.29 is 14.5 Å². The van der Waals surface area contributed by atoms with Gasteiger partial charge in [-0.3, -0.25) is 19.8 Å². The number of rotatable bonds is 5. The second-order valence-corrected chi connectivity index (χ2v) is 11.7. The van der Waals surface area contributed by atoms with Crippen molar-refractivity contribution in [1.82, 2.24) is 0 Å². The highest BCUT2D eigenvalue weighted by Crippen LogP contribution is 2.58. The molecule has 2 heterocycles. The molecular formula is C36H26N2O4S. The first kappa shape index (κ1) is 26.7. The van der Waals surface area contributed by atoms with Crippen molar-refractivity contribution in [2.24, 2.45) is 0 Å². The number of non-ortho nitro benzene ring substituents is 1. The lowest BCUT2D eigenvalue weighted by molar-refractivity contribution is -0.384. The number of anilines is 1. The lowest BCUT2D eigenvalue weighted by atomic mass is 9.87. The van der Waals surface area contributed by atoms with Crippen molar-refractivity contribution in [1.29, 1.82) is 0 Å². The highest BCUT2D eigenvalue weighted by Gasteiger charge is 2.54. The van der Waals surface area contributed by atoms with Crippen molar-refractivity contribution in [2.45, 2.75) is 22.3 Å². The van der Waals surface area contributed by atoms with Gasteiger partial charge in [0.25, 0.3) is 11.6 Å². The molecule has 7 heteroatoms. The molecule has 210 valence electrons. The number of carbonyl (C=O) groups is 1. The van der Waals surface area contributed by atoms with E-state index in [9.17, 15) is 10.1 Å². The van der Waals surface area contributed by atoms with Gasteiger partial charge in [0.15, 0.2) is 0 Å². The van der Waals surface area contributed by atoms with Gasteiger partial charge in [0.05, 0.1) is 16.2 Å². The first-order chi connectivity index (χ1) is 21.0. The number of thioether (sulfide) groups is 1. The third kappa shape index (κ3) is 4.68. The first-order valence-electron chi connectivity index (χ1n) is 14.0. The standard InChI is InChI=1S/C36H26N2O4S/c39-35-33(25-13-4-1-5-14-25)34(26-15-6-2-7-16-26)42-36(28-18-8-3-9-19-28)24-32(27-17-12-20-29(23-27)38(40)41)43-31-22-11-10-21-30(31)37(35)36/h1-23,32H,24H2. The van der Waals surface area contributed by atoms with Crippen LogP contribution in [0.25, 0.3) is 11.3 Å². The zero-order valence-electron chi connectivity index (χ0n) is 23.0. The molecule has 0 N–H and O–H groups in total. The SMILES string of the molecule is O=C1C(c2ccccc2)=C(c2ccccc2)OC2(c3ccccc3)CC(c3cccc([N+](=O)[O-])c3)Sc3ccccc3N12. The fraction of sp³-hybridized carbons (Fsp3) is 0.0833. The van der Waals surface area contributed by atoms with Crippen molar-refractivity contribution >= 4 is 40.4 Å². The maximum atomic E-state index is 15.1. The number of ether oxygens (including phenoxy) is 1. The fourth-order valence-corrected chi connectivity index (χ4v) is 7.28. The number of nitrogens with zero attached hydrogens (tertiary/aromatic N) is 2. The van der Waals surface area contributed by atoms with Gasteiger partial charge in [0, 0.05) is 39.8 Å². The zero-order chi connectivity index (χ0) is 29.4. The monoisotopic (exact) mass is 582 g/mol. The molecule has 2 unspecified atom stereocenters. The fourth-order valence-electron chi connectivity index (χ4n) is 5.94. The van der Waals surface area contributed by atoms with Crippen molar-refractivity contribution in [3.05, 3.63) is 172 Å². The van der Waals surface area contributed by atoms with Crippen molar-refractivity contribution in [2.75, 3.05) is 4.90 Å². The van der Waals surface area contributed by atoms with E-state index in [1.807, 2.05) is 121 Å². The van der Waals surface area contributed by atoms with Crippen LogP contribution in [0.4, 0.5) is 11.4 Å². The first-order valence-corrected chi connectivity index (χ1v) is 14.9. The van der Waals surface area contributed by atoms with Gasteiger partial charge >= 0.3 is 0 Å². The van der Waals surface area contributed by atoms with E-state index in [0.29, 0.717) is 17.8 Å². The molecule has 6 nitrogen and oxygen atoms in total. The summed E-state index contributed by atoms with van der Waals surface area (Å²) < 4.78 is 7.29. The Labute approximate surface area is 253 Å². The van der Waals surface area contributed by atoms with Gasteiger partial charge in [-0.15, -0.1) is 11.8 Å². The summed E-state index contributed by atoms with van der Waals surface area (Å²) in [5, 5.41) is 11.5. The predicted molar refractivity (Wildman–Crippen MR) is 169 cm³/mol. The number of hydrogen-bond acceptors (Lipinski definition) is 5. The van der Waals surface area contributed by atoms with Crippen LogP contribution >= 0.6 is 11.8 Å². The van der Waals surface area contributed by atoms with E-state index in [1.54, 1.807) is 28.8 Å². The maximum Gasteiger partial charge on any atom is 0.269 e. The normalized spacial score (nSPS) is 19.6. The Morgan fingerprint density at radius 2 is 1.40 bits per heavy atom. The summed E-state index contributed by atoms with van der Waals surface area (Å²) in [5.74, 6) is 0.326. The van der Waals surface area contributed by atoms with Crippen LogP contribution in [0.1, 0.15) is 33.9 Å². The van der Waals surface area contributed by atoms with Crippen LogP contribution in [0.2, 0.25) is 0 Å². The van der Waals surface area contributed by atoms with Gasteiger partial charge < -0.3 is 4.74 Å². The van der Waals surface area contributed by atoms with Crippen LogP contribution in [0.5, 0.6) is 0 Å². The summed E-state index contributed by atoms with van der Waals surface area (Å²) in [6.45, 7) is 0. The summed E-state index contributed by atoms with van der Waals surface area (Å²) in [7, 11) is 0. The van der Waals surface area contributed by atoms with Crippen LogP contribution in [0.15, 0.2) is 144 Å². The number of nitro benzene ring substituents is 1. The molecule has 0 spiro atoms. The van der Waals surface area contributed by atoms with E-state index in [4.69, 9.17) is 4.74 Å². The number of para-hydroxylation sites is 1. The Balaban J connectivity index is 1.53. The van der Waals surface area contributed by atoms with Crippen LogP contribution < -0.4 is 4.90 Å². The van der Waals surface area contributed by atoms with Crippen LogP contribution in [0, 0.1) is 10.1 Å². The number of amides is 1. The molecule has 7 rings (SSSR count). The van der Waals surface area contributed by atoms with Crippen LogP contribution in [-0.4, -0.2) is 10.8 Å². The van der Waals surface area contributed by atoms with E-state index in [1.165, 1.54) is 6.07 Å². The molecule has 0 saturated heterocycles. The molecule has 0 aliphatic carbocycles. The molecule has 43 heavy (non-hydrogen) atoms. The number of hydrogen-bond donors (Lipinski definition) is 0. The highest BCUT2D eigenvalue weighted by atomic mass is 32.2. The minimum absolute atomic E-state index is 0.0260. The highest BCUT2D eigenvalue weighted by molar-refractivity contribution is 7.99. The molecule has 0 fully saturated rings. The molecule has 2 atom stereocenters. The third-order valence-electron chi connectivity index (χ3n) is 7.89. The Morgan fingerprint density at radius 1 is 0.767 bits per heavy atom. The molecule has 0 aromatic heterocycles. The average molecular weight is 583 g/mol. The van der Waals surface area contributed by atoms with Crippen LogP contribution in [-0.2, 0) is 15.3 Å². The summed E-state index contributed by atoms with van der Waals surface area (Å²) in [5.41, 5.74) is 3.15. The Hall–Kier alpha value is -5.14. The lowest BCUT2D eigenvalue weighted by Crippen LogP contribution is -2.55. The molecule has 2 aliphatic rings.